The number of esters is 1. The fraction of sp³-hybridized carbons (Fsp3) is 0.138. The molecule has 2 N–H and O–H groups in total. The predicted octanol–water partition coefficient (Wildman–Crippen LogP) is 6.52. The van der Waals surface area contributed by atoms with Crippen LogP contribution in [0.4, 0.5) is 0 Å². The Morgan fingerprint density at radius 1 is 1.07 bits per heavy atom. The fourth-order valence-corrected chi connectivity index (χ4v) is 9.63. The summed E-state index contributed by atoms with van der Waals surface area (Å²) in [5, 5.41) is 3.44. The first-order valence-corrected chi connectivity index (χ1v) is 16.6. The molecule has 0 radical (unpaired) electrons. The molecule has 4 aromatic rings. The number of hydrogen-bond donors (Lipinski definition) is 1. The number of rotatable bonds is 7. The minimum absolute atomic E-state index is 0.0350. The summed E-state index contributed by atoms with van der Waals surface area (Å²) in [6.07, 6.45) is 1.17. The Balaban J connectivity index is 1.33. The number of thioether (sulfide) groups is 2. The van der Waals surface area contributed by atoms with Crippen LogP contribution in [0.2, 0.25) is 0 Å². The molecule has 0 spiro atoms. The van der Waals surface area contributed by atoms with Gasteiger partial charge in [-0.1, -0.05) is 72.4 Å². The number of carbonyl (C=O) groups is 2. The summed E-state index contributed by atoms with van der Waals surface area (Å²) in [6, 6.07) is 20.3. The zero-order valence-electron chi connectivity index (χ0n) is 20.7. The Kier molecular flexibility index (Phi) is 8.02. The van der Waals surface area contributed by atoms with E-state index in [1.807, 2.05) is 83.6 Å². The van der Waals surface area contributed by atoms with Gasteiger partial charge in [0.1, 0.15) is 17.1 Å². The second kappa shape index (κ2) is 11.7. The van der Waals surface area contributed by atoms with Crippen molar-refractivity contribution in [1.82, 2.24) is 4.90 Å². The number of β-lactam (4-membered cyclic amide) rings is 1. The highest BCUT2D eigenvalue weighted by molar-refractivity contribution is 9.10. The summed E-state index contributed by atoms with van der Waals surface area (Å²) in [6.45, 7) is 0. The highest BCUT2D eigenvalue weighted by Gasteiger charge is 2.52. The van der Waals surface area contributed by atoms with Crippen molar-refractivity contribution in [2.45, 2.75) is 21.7 Å². The number of halogens is 1. The first kappa shape index (κ1) is 27.5. The molecule has 202 valence electrons. The molecule has 1 saturated heterocycles. The van der Waals surface area contributed by atoms with Gasteiger partial charge < -0.3 is 10.5 Å². The van der Waals surface area contributed by atoms with Crippen molar-refractivity contribution in [2.24, 2.45) is 5.73 Å². The van der Waals surface area contributed by atoms with Crippen LogP contribution in [0.3, 0.4) is 0 Å². The van der Waals surface area contributed by atoms with Crippen molar-refractivity contribution in [1.29, 1.82) is 0 Å². The van der Waals surface area contributed by atoms with Crippen LogP contribution in [-0.4, -0.2) is 33.9 Å². The molecule has 2 aromatic carbocycles. The van der Waals surface area contributed by atoms with E-state index in [9.17, 15) is 14.4 Å². The lowest BCUT2D eigenvalue weighted by molar-refractivity contribution is -0.153. The van der Waals surface area contributed by atoms with Crippen LogP contribution >= 0.6 is 62.1 Å². The Morgan fingerprint density at radius 3 is 2.42 bits per heavy atom. The van der Waals surface area contributed by atoms with Crippen molar-refractivity contribution in [3.8, 4) is 0 Å². The predicted molar refractivity (Wildman–Crippen MR) is 168 cm³/mol. The van der Waals surface area contributed by atoms with Crippen LogP contribution in [0.15, 0.2) is 108 Å². The number of thiophene rings is 1. The van der Waals surface area contributed by atoms with Gasteiger partial charge in [0.15, 0.2) is 6.10 Å². The number of benzene rings is 2. The molecule has 4 heterocycles. The average Bonchev–Trinajstić information content (AvgIpc) is 3.47. The largest absolute Gasteiger partial charge is 0.448 e. The second-order valence-electron chi connectivity index (χ2n) is 8.98. The van der Waals surface area contributed by atoms with Crippen molar-refractivity contribution >= 4 is 83.4 Å². The molecule has 2 unspecified atom stereocenters. The van der Waals surface area contributed by atoms with E-state index in [1.165, 1.54) is 51.1 Å². The maximum atomic E-state index is 13.8. The SMILES string of the molecule is NC1C(=O)N2C(C(=O)OC(c3ccccc3)c3ccccc3)=C(/C=C/Sc3sc4ccsc4c(=O)c3Br)CSC12. The molecule has 0 bridgehead atoms. The normalized spacial score (nSPS) is 18.9. The van der Waals surface area contributed by atoms with Crippen LogP contribution in [-0.2, 0) is 14.3 Å². The Labute approximate surface area is 255 Å². The molecule has 2 aromatic heterocycles. The minimum Gasteiger partial charge on any atom is -0.448 e. The van der Waals surface area contributed by atoms with E-state index >= 15 is 0 Å². The highest BCUT2D eigenvalue weighted by atomic mass is 79.9. The molecule has 2 aliphatic rings. The molecule has 2 atom stereocenters. The third-order valence-electron chi connectivity index (χ3n) is 6.52. The van der Waals surface area contributed by atoms with Gasteiger partial charge in [-0.15, -0.1) is 34.4 Å². The lowest BCUT2D eigenvalue weighted by atomic mass is 10.0. The molecule has 2 aliphatic heterocycles. The van der Waals surface area contributed by atoms with Gasteiger partial charge in [-0.25, -0.2) is 4.79 Å². The van der Waals surface area contributed by atoms with Gasteiger partial charge in [-0.3, -0.25) is 14.5 Å². The maximum absolute atomic E-state index is 13.8. The topological polar surface area (TPSA) is 89.7 Å². The van der Waals surface area contributed by atoms with E-state index in [4.69, 9.17) is 10.5 Å². The number of ether oxygens (including phenoxy) is 1. The van der Waals surface area contributed by atoms with Crippen LogP contribution in [0.1, 0.15) is 17.2 Å². The Hall–Kier alpha value is -2.67. The summed E-state index contributed by atoms with van der Waals surface area (Å²) in [5.74, 6) is -0.396. The lowest BCUT2D eigenvalue weighted by Gasteiger charge is -2.48. The van der Waals surface area contributed by atoms with Crippen LogP contribution in [0.25, 0.3) is 9.40 Å². The molecule has 11 heteroatoms. The second-order valence-corrected chi connectivity index (χ2v) is 14.0. The van der Waals surface area contributed by atoms with Crippen molar-refractivity contribution in [2.75, 3.05) is 5.75 Å². The molecule has 6 nitrogen and oxygen atoms in total. The zero-order chi connectivity index (χ0) is 27.8. The van der Waals surface area contributed by atoms with Crippen molar-refractivity contribution in [3.05, 3.63) is 121 Å². The van der Waals surface area contributed by atoms with Crippen LogP contribution in [0.5, 0.6) is 0 Å². The highest BCUT2D eigenvalue weighted by Crippen LogP contribution is 2.42. The number of nitrogens with zero attached hydrogens (tertiary/aromatic N) is 1. The quantitative estimate of drug-likeness (QED) is 0.136. The number of hydrogen-bond acceptors (Lipinski definition) is 9. The van der Waals surface area contributed by atoms with Gasteiger partial charge in [0.25, 0.3) is 0 Å². The number of allylic oxidation sites excluding steroid dienone is 1. The van der Waals surface area contributed by atoms with Gasteiger partial charge >= 0.3 is 5.97 Å². The van der Waals surface area contributed by atoms with E-state index in [0.29, 0.717) is 15.8 Å². The van der Waals surface area contributed by atoms with Gasteiger partial charge in [0, 0.05) is 5.75 Å². The molecule has 40 heavy (non-hydrogen) atoms. The van der Waals surface area contributed by atoms with Crippen LogP contribution < -0.4 is 11.2 Å². The van der Waals surface area contributed by atoms with Crippen molar-refractivity contribution < 1.29 is 14.3 Å². The van der Waals surface area contributed by atoms with Gasteiger partial charge in [-0.05, 0) is 55.6 Å². The minimum atomic E-state index is -0.655. The van der Waals surface area contributed by atoms with E-state index < -0.39 is 18.1 Å². The fourth-order valence-electron chi connectivity index (χ4n) is 4.54. The number of nitrogens with two attached hydrogens (primary N) is 1. The molecule has 0 aliphatic carbocycles. The summed E-state index contributed by atoms with van der Waals surface area (Å²) in [5.41, 5.74) is 8.57. The molecule has 1 fully saturated rings. The van der Waals surface area contributed by atoms with Gasteiger partial charge in [-0.2, -0.15) is 0 Å². The van der Waals surface area contributed by atoms with Gasteiger partial charge in [0.05, 0.1) is 18.1 Å². The van der Waals surface area contributed by atoms with E-state index in [-0.39, 0.29) is 22.4 Å². The van der Waals surface area contributed by atoms with Crippen LogP contribution in [0, 0.1) is 0 Å². The smallest absolute Gasteiger partial charge is 0.356 e. The average molecular weight is 670 g/mol. The van der Waals surface area contributed by atoms with Crippen molar-refractivity contribution in [3.63, 3.8) is 0 Å². The lowest BCUT2D eigenvalue weighted by Crippen LogP contribution is -2.68. The summed E-state index contributed by atoms with van der Waals surface area (Å²) in [4.78, 5) is 40.9. The zero-order valence-corrected chi connectivity index (χ0v) is 25.5. The summed E-state index contributed by atoms with van der Waals surface area (Å²) >= 11 is 9.31. The molecule has 0 saturated carbocycles. The number of amides is 1. The Morgan fingerprint density at radius 2 is 1.75 bits per heavy atom. The van der Waals surface area contributed by atoms with Gasteiger partial charge in [0.2, 0.25) is 11.3 Å². The number of carbonyl (C=O) groups excluding carboxylic acids is 2. The maximum Gasteiger partial charge on any atom is 0.356 e. The summed E-state index contributed by atoms with van der Waals surface area (Å²) < 4.78 is 9.13. The molecule has 1 amide bonds. The summed E-state index contributed by atoms with van der Waals surface area (Å²) in [7, 11) is 0. The van der Waals surface area contributed by atoms with E-state index in [0.717, 1.165) is 24.7 Å². The van der Waals surface area contributed by atoms with E-state index in [2.05, 4.69) is 15.9 Å². The molecule has 6 rings (SSSR count). The monoisotopic (exact) mass is 668 g/mol. The molecular formula is C29H21BrN2O4S4. The Bertz CT molecular complexity index is 1680. The third-order valence-corrected chi connectivity index (χ3v) is 12.3. The first-order valence-electron chi connectivity index (χ1n) is 12.2. The van der Waals surface area contributed by atoms with E-state index in [1.54, 1.807) is 0 Å². The third kappa shape index (κ3) is 5.10. The first-order chi connectivity index (χ1) is 19.4. The number of fused-ring (bicyclic) bond motifs is 2. The standard InChI is InChI=1S/C29H21BrN2O4S4/c30-20-23(33)25-19(12-14-37-25)40-29(20)38-13-11-18-15-39-27-21(31)26(34)32(27)22(18)28(35)36-24(16-7-3-1-4-8-16)17-9-5-2-6-10-17/h1-14,21,24,27H,15,31H2/b13-11+. The molecular weight excluding hydrogens is 649 g/mol.